The number of nitrogens with zero attached hydrogens (tertiary/aromatic N) is 2. The minimum absolute atomic E-state index is 0.282. The van der Waals surface area contributed by atoms with E-state index in [9.17, 15) is 25.1 Å². The van der Waals surface area contributed by atoms with Crippen molar-refractivity contribution >= 4 is 12.0 Å². The number of aliphatic hydroxyl groups is 2. The van der Waals surface area contributed by atoms with Gasteiger partial charge in [0.2, 0.25) is 5.91 Å². The highest BCUT2D eigenvalue weighted by atomic mass is 16.6. The Morgan fingerprint density at radius 3 is 2.50 bits per heavy atom. The summed E-state index contributed by atoms with van der Waals surface area (Å²) in [5, 5.41) is 31.8. The Hall–Kier alpha value is -2.11. The fourth-order valence-corrected chi connectivity index (χ4v) is 3.24. The van der Waals surface area contributed by atoms with Gasteiger partial charge < -0.3 is 20.3 Å². The van der Waals surface area contributed by atoms with Crippen molar-refractivity contribution in [3.63, 3.8) is 0 Å². The smallest absolute Gasteiger partial charge is 0.411 e. The molecule has 0 aromatic carbocycles. The largest absolute Gasteiger partial charge is 0.444 e. The lowest BCUT2D eigenvalue weighted by atomic mass is 9.90. The number of hydrogen-bond acceptors (Lipinski definition) is 6. The number of ether oxygens (including phenoxy) is 1. The number of rotatable bonds is 5. The molecule has 1 aliphatic rings. The van der Waals surface area contributed by atoms with Crippen molar-refractivity contribution in [3.05, 3.63) is 12.2 Å². The average Bonchev–Trinajstić information content (AvgIpc) is 2.88. The highest BCUT2D eigenvalue weighted by Crippen LogP contribution is 2.35. The zero-order valence-electron chi connectivity index (χ0n) is 16.0. The average molecular weight is 367 g/mol. The summed E-state index contributed by atoms with van der Waals surface area (Å²) in [5.74, 6) is -0.693. The molecule has 1 aliphatic heterocycles. The van der Waals surface area contributed by atoms with Crippen LogP contribution in [-0.4, -0.2) is 63.6 Å². The summed E-state index contributed by atoms with van der Waals surface area (Å²) in [7, 11) is 0. The van der Waals surface area contributed by atoms with Gasteiger partial charge in [-0.2, -0.15) is 5.26 Å². The third kappa shape index (κ3) is 5.44. The van der Waals surface area contributed by atoms with Crippen LogP contribution in [0.25, 0.3) is 0 Å². The zero-order valence-corrected chi connectivity index (χ0v) is 16.0. The van der Waals surface area contributed by atoms with E-state index >= 15 is 0 Å². The maximum Gasteiger partial charge on any atom is 0.411 e. The van der Waals surface area contributed by atoms with Gasteiger partial charge in [-0.25, -0.2) is 4.79 Å². The van der Waals surface area contributed by atoms with Crippen LogP contribution in [0.3, 0.4) is 0 Å². The molecule has 26 heavy (non-hydrogen) atoms. The second-order valence-corrected chi connectivity index (χ2v) is 7.42. The van der Waals surface area contributed by atoms with E-state index in [2.05, 4.69) is 11.4 Å². The molecule has 5 atom stereocenters. The van der Waals surface area contributed by atoms with Gasteiger partial charge >= 0.3 is 6.09 Å². The Bertz CT molecular complexity index is 578. The van der Waals surface area contributed by atoms with Crippen molar-refractivity contribution in [2.45, 2.75) is 70.9 Å². The Kier molecular flexibility index (Phi) is 7.60. The van der Waals surface area contributed by atoms with E-state index in [-0.39, 0.29) is 5.92 Å². The molecular weight excluding hydrogens is 338 g/mol. The number of allylic oxidation sites excluding steroid dienone is 1. The number of nitrogens with one attached hydrogen (secondary N) is 1. The van der Waals surface area contributed by atoms with E-state index in [1.807, 2.05) is 13.0 Å². The maximum atomic E-state index is 12.8. The second-order valence-electron chi connectivity index (χ2n) is 7.42. The van der Waals surface area contributed by atoms with Crippen LogP contribution < -0.4 is 5.32 Å². The first-order valence-electron chi connectivity index (χ1n) is 8.65. The summed E-state index contributed by atoms with van der Waals surface area (Å²) in [6, 6.07) is -0.332. The monoisotopic (exact) mass is 367 g/mol. The summed E-state index contributed by atoms with van der Waals surface area (Å²) < 4.78 is 5.43. The number of amides is 2. The topological polar surface area (TPSA) is 123 Å². The van der Waals surface area contributed by atoms with Crippen molar-refractivity contribution in [2.24, 2.45) is 5.92 Å². The molecule has 1 heterocycles. The van der Waals surface area contributed by atoms with E-state index in [1.165, 1.54) is 11.8 Å². The van der Waals surface area contributed by atoms with Crippen molar-refractivity contribution in [3.8, 4) is 6.07 Å². The number of carbonyl (C=O) groups is 2. The molecule has 0 unspecified atom stereocenters. The molecule has 1 saturated heterocycles. The van der Waals surface area contributed by atoms with Crippen LogP contribution in [0.15, 0.2) is 12.2 Å². The molecule has 0 saturated carbocycles. The van der Waals surface area contributed by atoms with Gasteiger partial charge in [0.1, 0.15) is 11.6 Å². The molecule has 0 radical (unpaired) electrons. The molecule has 8 heteroatoms. The normalized spacial score (nSPS) is 25.6. The van der Waals surface area contributed by atoms with E-state index in [4.69, 9.17) is 4.74 Å². The number of carbonyl (C=O) groups excluding carboxylic acids is 2. The third-order valence-electron chi connectivity index (χ3n) is 4.12. The number of hydrogen-bond donors (Lipinski definition) is 3. The minimum atomic E-state index is -1.29. The predicted octanol–water partition coefficient (Wildman–Crippen LogP) is 0.938. The van der Waals surface area contributed by atoms with Gasteiger partial charge in [-0.05, 0) is 34.1 Å². The standard InChI is InChI=1S/C18H29N3O5/c1-6-7-12-8-13(9-19)21(17(25)26-18(3,4)5)16(12)15(14(24)10-22)20-11(2)23/h6-7,12-16,22,24H,8,10H2,1-5H3,(H,20,23)/t12-,13-,14-,15+,16-/m1/s1. The van der Waals surface area contributed by atoms with Crippen LogP contribution in [0.1, 0.15) is 41.0 Å². The zero-order chi connectivity index (χ0) is 20.1. The Morgan fingerprint density at radius 1 is 1.46 bits per heavy atom. The summed E-state index contributed by atoms with van der Waals surface area (Å²) in [4.78, 5) is 25.7. The molecule has 0 spiro atoms. The summed E-state index contributed by atoms with van der Waals surface area (Å²) in [5.41, 5.74) is -0.764. The SMILES string of the molecule is CC=C[C@@H]1C[C@H](C#N)N(C(=O)OC(C)(C)C)[C@H]1[C@@H](NC(C)=O)[C@H](O)CO. The van der Waals surface area contributed by atoms with Crippen LogP contribution >= 0.6 is 0 Å². The molecule has 0 aliphatic carbocycles. The van der Waals surface area contributed by atoms with Crippen molar-refractivity contribution in [2.75, 3.05) is 6.61 Å². The first kappa shape index (κ1) is 21.9. The molecule has 3 N–H and O–H groups in total. The molecule has 146 valence electrons. The fourth-order valence-electron chi connectivity index (χ4n) is 3.24. The van der Waals surface area contributed by atoms with Gasteiger partial charge in [-0.3, -0.25) is 9.69 Å². The fraction of sp³-hybridized carbons (Fsp3) is 0.722. The quantitative estimate of drug-likeness (QED) is 0.622. The highest BCUT2D eigenvalue weighted by molar-refractivity contribution is 5.74. The van der Waals surface area contributed by atoms with Crippen molar-refractivity contribution in [1.29, 1.82) is 5.26 Å². The van der Waals surface area contributed by atoms with Crippen LogP contribution in [-0.2, 0) is 9.53 Å². The summed E-state index contributed by atoms with van der Waals surface area (Å²) in [6.07, 6.45) is 1.98. The molecule has 0 aromatic rings. The molecular formula is C18H29N3O5. The predicted molar refractivity (Wildman–Crippen MR) is 94.9 cm³/mol. The molecule has 0 bridgehead atoms. The summed E-state index contributed by atoms with van der Waals surface area (Å²) >= 11 is 0. The van der Waals surface area contributed by atoms with Gasteiger partial charge in [0, 0.05) is 12.8 Å². The van der Waals surface area contributed by atoms with Gasteiger partial charge in [-0.1, -0.05) is 12.2 Å². The number of nitriles is 1. The lowest BCUT2D eigenvalue weighted by Gasteiger charge is -2.37. The van der Waals surface area contributed by atoms with Gasteiger partial charge in [-0.15, -0.1) is 0 Å². The molecule has 1 fully saturated rings. The molecule has 2 amide bonds. The van der Waals surface area contributed by atoms with Gasteiger partial charge in [0.25, 0.3) is 0 Å². The lowest BCUT2D eigenvalue weighted by molar-refractivity contribution is -0.121. The van der Waals surface area contributed by atoms with E-state index < -0.39 is 48.4 Å². The Labute approximate surface area is 154 Å². The Morgan fingerprint density at radius 2 is 2.08 bits per heavy atom. The third-order valence-corrected chi connectivity index (χ3v) is 4.12. The number of likely N-dealkylation sites (tertiary alicyclic amines) is 1. The van der Waals surface area contributed by atoms with Crippen LogP contribution in [0.2, 0.25) is 0 Å². The van der Waals surface area contributed by atoms with E-state index in [0.717, 1.165) is 0 Å². The van der Waals surface area contributed by atoms with E-state index in [0.29, 0.717) is 6.42 Å². The second kappa shape index (κ2) is 9.01. The first-order chi connectivity index (χ1) is 12.1. The molecule has 0 aromatic heterocycles. The molecule has 8 nitrogen and oxygen atoms in total. The van der Waals surface area contributed by atoms with Crippen molar-refractivity contribution < 1.29 is 24.5 Å². The maximum absolute atomic E-state index is 12.8. The Balaban J connectivity index is 3.36. The first-order valence-corrected chi connectivity index (χ1v) is 8.65. The van der Waals surface area contributed by atoms with Crippen LogP contribution in [0.4, 0.5) is 4.79 Å². The van der Waals surface area contributed by atoms with Crippen LogP contribution in [0, 0.1) is 17.2 Å². The summed E-state index contributed by atoms with van der Waals surface area (Å²) in [6.45, 7) is 7.65. The molecule has 1 rings (SSSR count). The van der Waals surface area contributed by atoms with Gasteiger partial charge in [0.15, 0.2) is 0 Å². The number of aliphatic hydroxyl groups excluding tert-OH is 2. The highest BCUT2D eigenvalue weighted by Gasteiger charge is 2.50. The van der Waals surface area contributed by atoms with E-state index in [1.54, 1.807) is 26.8 Å². The van der Waals surface area contributed by atoms with Crippen LogP contribution in [0.5, 0.6) is 0 Å². The lowest BCUT2D eigenvalue weighted by Crippen LogP contribution is -2.60. The minimum Gasteiger partial charge on any atom is -0.444 e. The van der Waals surface area contributed by atoms with Gasteiger partial charge in [0.05, 0.1) is 30.9 Å². The van der Waals surface area contributed by atoms with Crippen molar-refractivity contribution in [1.82, 2.24) is 10.2 Å².